The molecule has 1 aromatic carbocycles. The molecule has 0 bridgehead atoms. The van der Waals surface area contributed by atoms with Gasteiger partial charge < -0.3 is 30.6 Å². The molecule has 0 spiro atoms. The summed E-state index contributed by atoms with van der Waals surface area (Å²) in [5, 5.41) is 49.0. The molecule has 0 saturated heterocycles. The molecule has 0 atom stereocenters. The van der Waals surface area contributed by atoms with Gasteiger partial charge in [0.15, 0.2) is 6.29 Å². The zero-order valence-electron chi connectivity index (χ0n) is 14.7. The lowest BCUT2D eigenvalue weighted by molar-refractivity contribution is -0.139. The minimum absolute atomic E-state index is 0.0628. The molecular formula is C17H24O10. The molecule has 0 amide bonds. The Hall–Kier alpha value is -2.98. The Kier molecular flexibility index (Phi) is 14.9. The zero-order valence-corrected chi connectivity index (χ0v) is 14.7. The van der Waals surface area contributed by atoms with Crippen LogP contribution in [0.2, 0.25) is 0 Å². The first-order chi connectivity index (χ1) is 12.5. The van der Waals surface area contributed by atoms with E-state index in [-0.39, 0.29) is 24.0 Å². The molecule has 152 valence electrons. The fourth-order valence-electron chi connectivity index (χ4n) is 1.31. The Balaban J connectivity index is 0. The third-order valence-corrected chi connectivity index (χ3v) is 2.78. The van der Waals surface area contributed by atoms with E-state index in [1.807, 2.05) is 0 Å². The van der Waals surface area contributed by atoms with E-state index >= 15 is 0 Å². The highest BCUT2D eigenvalue weighted by atomic mass is 16.5. The predicted octanol–water partition coefficient (Wildman–Crippen LogP) is 1.51. The van der Waals surface area contributed by atoms with E-state index in [0.717, 1.165) is 0 Å². The van der Waals surface area contributed by atoms with Crippen LogP contribution in [0.4, 0.5) is 0 Å². The summed E-state index contributed by atoms with van der Waals surface area (Å²) >= 11 is 0. The molecule has 1 aromatic rings. The molecular weight excluding hydrogens is 364 g/mol. The summed E-state index contributed by atoms with van der Waals surface area (Å²) in [4.78, 5) is 40.5. The number of hydrogen-bond donors (Lipinski definition) is 6. The molecule has 0 radical (unpaired) electrons. The van der Waals surface area contributed by atoms with Crippen LogP contribution in [0.25, 0.3) is 0 Å². The summed E-state index contributed by atoms with van der Waals surface area (Å²) in [6.07, 6.45) is 0.319. The van der Waals surface area contributed by atoms with Crippen LogP contribution in [0.3, 0.4) is 0 Å². The Morgan fingerprint density at radius 1 is 0.741 bits per heavy atom. The molecule has 0 aromatic heterocycles. The standard InChI is InChI=1S/C8H6O4.C6H10O4.C3H8O2/c9-7(10)5-1-2-6(4-3-5)8(11)12;7-5(8)3-1-2-4-6(9)10;1-2-3(4)5/h1-4H,(H,9,10)(H,11,12);1-4H2,(H,7,8)(H,9,10);3-5H,2H2,1H3. The van der Waals surface area contributed by atoms with Crippen LogP contribution in [-0.4, -0.2) is 60.8 Å². The first kappa shape index (κ1) is 26.3. The fraction of sp³-hybridized carbons (Fsp3) is 0.412. The van der Waals surface area contributed by atoms with E-state index < -0.39 is 30.2 Å². The first-order valence-corrected chi connectivity index (χ1v) is 7.87. The van der Waals surface area contributed by atoms with E-state index in [2.05, 4.69) is 0 Å². The maximum atomic E-state index is 10.3. The number of carboxylic acids is 4. The number of benzene rings is 1. The summed E-state index contributed by atoms with van der Waals surface area (Å²) in [6, 6.07) is 5.02. The Morgan fingerprint density at radius 3 is 1.15 bits per heavy atom. The van der Waals surface area contributed by atoms with E-state index in [1.165, 1.54) is 24.3 Å². The molecule has 10 nitrogen and oxygen atoms in total. The van der Waals surface area contributed by atoms with Gasteiger partial charge in [0.25, 0.3) is 0 Å². The molecule has 27 heavy (non-hydrogen) atoms. The smallest absolute Gasteiger partial charge is 0.335 e. The van der Waals surface area contributed by atoms with Crippen LogP contribution in [0, 0.1) is 0 Å². The minimum Gasteiger partial charge on any atom is -0.481 e. The predicted molar refractivity (Wildman–Crippen MR) is 92.6 cm³/mol. The second kappa shape index (κ2) is 15.3. The van der Waals surface area contributed by atoms with Crippen molar-refractivity contribution in [3.63, 3.8) is 0 Å². The van der Waals surface area contributed by atoms with Crippen molar-refractivity contribution in [2.24, 2.45) is 0 Å². The van der Waals surface area contributed by atoms with Crippen molar-refractivity contribution in [3.8, 4) is 0 Å². The number of aliphatic hydroxyl groups is 2. The highest BCUT2D eigenvalue weighted by molar-refractivity contribution is 5.91. The van der Waals surface area contributed by atoms with Gasteiger partial charge >= 0.3 is 23.9 Å². The summed E-state index contributed by atoms with van der Waals surface area (Å²) < 4.78 is 0. The lowest BCUT2D eigenvalue weighted by atomic mass is 10.1. The normalized spacial score (nSPS) is 9.33. The Labute approximate surface area is 155 Å². The zero-order chi connectivity index (χ0) is 21.4. The largest absolute Gasteiger partial charge is 0.481 e. The van der Waals surface area contributed by atoms with Crippen LogP contribution < -0.4 is 0 Å². The molecule has 0 saturated carbocycles. The highest BCUT2D eigenvalue weighted by Crippen LogP contribution is 2.03. The van der Waals surface area contributed by atoms with Gasteiger partial charge in [-0.3, -0.25) is 9.59 Å². The summed E-state index contributed by atoms with van der Waals surface area (Å²) in [5.41, 5.74) is 0.167. The third kappa shape index (κ3) is 17.6. The molecule has 0 unspecified atom stereocenters. The van der Waals surface area contributed by atoms with Gasteiger partial charge in [0, 0.05) is 12.8 Å². The molecule has 0 aliphatic heterocycles. The maximum absolute atomic E-state index is 10.3. The SMILES string of the molecule is CCC(O)O.O=C(O)CCCCC(=O)O.O=C(O)c1ccc(C(=O)O)cc1. The number of aliphatic hydroxyl groups excluding tert-OH is 1. The topological polar surface area (TPSA) is 190 Å². The van der Waals surface area contributed by atoms with Gasteiger partial charge in [0.2, 0.25) is 0 Å². The van der Waals surface area contributed by atoms with Gasteiger partial charge in [-0.15, -0.1) is 0 Å². The maximum Gasteiger partial charge on any atom is 0.335 e. The number of aromatic carboxylic acids is 2. The molecule has 6 N–H and O–H groups in total. The van der Waals surface area contributed by atoms with Gasteiger partial charge in [-0.1, -0.05) is 6.92 Å². The number of aliphatic carboxylic acids is 2. The van der Waals surface area contributed by atoms with Crippen LogP contribution >= 0.6 is 0 Å². The minimum atomic E-state index is -1.12. The van der Waals surface area contributed by atoms with E-state index in [1.54, 1.807) is 6.92 Å². The van der Waals surface area contributed by atoms with Crippen LogP contribution in [0.5, 0.6) is 0 Å². The third-order valence-electron chi connectivity index (χ3n) is 2.78. The van der Waals surface area contributed by atoms with Crippen LogP contribution in [-0.2, 0) is 9.59 Å². The first-order valence-electron chi connectivity index (χ1n) is 7.87. The Bertz CT molecular complexity index is 543. The van der Waals surface area contributed by atoms with Gasteiger partial charge in [-0.25, -0.2) is 9.59 Å². The molecule has 0 fully saturated rings. The van der Waals surface area contributed by atoms with Crippen molar-refractivity contribution in [1.82, 2.24) is 0 Å². The van der Waals surface area contributed by atoms with Crippen molar-refractivity contribution in [1.29, 1.82) is 0 Å². The average Bonchev–Trinajstić information content (AvgIpc) is 2.59. The molecule has 0 aliphatic rings. The van der Waals surface area contributed by atoms with Gasteiger partial charge in [-0.05, 0) is 43.5 Å². The fourth-order valence-corrected chi connectivity index (χ4v) is 1.31. The van der Waals surface area contributed by atoms with E-state index in [0.29, 0.717) is 19.3 Å². The van der Waals surface area contributed by atoms with E-state index in [4.69, 9.17) is 30.6 Å². The molecule has 10 heteroatoms. The number of unbranched alkanes of at least 4 members (excludes halogenated alkanes) is 1. The second-order valence-electron chi connectivity index (χ2n) is 5.07. The number of hydrogen-bond acceptors (Lipinski definition) is 6. The van der Waals surface area contributed by atoms with Crippen molar-refractivity contribution in [2.45, 2.75) is 45.3 Å². The summed E-state index contributed by atoms with van der Waals surface area (Å²) in [5.74, 6) is -3.87. The van der Waals surface area contributed by atoms with Crippen LogP contribution in [0.15, 0.2) is 24.3 Å². The van der Waals surface area contributed by atoms with Gasteiger partial charge in [0.1, 0.15) is 0 Å². The highest BCUT2D eigenvalue weighted by Gasteiger charge is 2.04. The van der Waals surface area contributed by atoms with Gasteiger partial charge in [-0.2, -0.15) is 0 Å². The van der Waals surface area contributed by atoms with Gasteiger partial charge in [0.05, 0.1) is 11.1 Å². The molecule has 0 heterocycles. The molecule has 1 rings (SSSR count). The number of carboxylic acid groups (broad SMARTS) is 4. The van der Waals surface area contributed by atoms with Crippen molar-refractivity contribution < 1.29 is 49.8 Å². The number of carbonyl (C=O) groups is 4. The van der Waals surface area contributed by atoms with Crippen molar-refractivity contribution in [3.05, 3.63) is 35.4 Å². The van der Waals surface area contributed by atoms with Crippen molar-refractivity contribution in [2.75, 3.05) is 0 Å². The average molecular weight is 388 g/mol. The van der Waals surface area contributed by atoms with Crippen LogP contribution in [0.1, 0.15) is 59.7 Å². The van der Waals surface area contributed by atoms with Crippen molar-refractivity contribution >= 4 is 23.9 Å². The summed E-state index contributed by atoms with van der Waals surface area (Å²) in [7, 11) is 0. The monoisotopic (exact) mass is 388 g/mol. The quantitative estimate of drug-likeness (QED) is 0.281. The lowest BCUT2D eigenvalue weighted by Gasteiger charge is -1.94. The number of rotatable bonds is 8. The second-order valence-corrected chi connectivity index (χ2v) is 5.07. The Morgan fingerprint density at radius 2 is 1.00 bits per heavy atom. The van der Waals surface area contributed by atoms with E-state index in [9.17, 15) is 19.2 Å². The lowest BCUT2D eigenvalue weighted by Crippen LogP contribution is -1.99. The summed E-state index contributed by atoms with van der Waals surface area (Å²) in [6.45, 7) is 1.70. The molecule has 0 aliphatic carbocycles.